The first kappa shape index (κ1) is 21.7. The van der Waals surface area contributed by atoms with Crippen molar-refractivity contribution >= 4 is 11.6 Å². The van der Waals surface area contributed by atoms with Gasteiger partial charge in [-0.1, -0.05) is 6.07 Å². The summed E-state index contributed by atoms with van der Waals surface area (Å²) >= 11 is 0. The number of ether oxygens (including phenoxy) is 1. The number of nitrogens with one attached hydrogen (secondary N) is 1. The lowest BCUT2D eigenvalue weighted by molar-refractivity contribution is -0.384. The molecule has 0 bridgehead atoms. The number of benzene rings is 2. The molecule has 0 atom stereocenters. The summed E-state index contributed by atoms with van der Waals surface area (Å²) in [6.07, 6.45) is 2.30. The number of hydrogen-bond acceptors (Lipinski definition) is 6. The summed E-state index contributed by atoms with van der Waals surface area (Å²) in [5, 5.41) is 18.5. The maximum Gasteiger partial charge on any atom is 0.270 e. The van der Waals surface area contributed by atoms with Gasteiger partial charge >= 0.3 is 0 Å². The van der Waals surface area contributed by atoms with Crippen LogP contribution in [0.4, 0.5) is 5.69 Å². The van der Waals surface area contributed by atoms with Crippen LogP contribution in [0.5, 0.6) is 5.75 Å². The molecule has 1 N–H and O–H groups in total. The van der Waals surface area contributed by atoms with Crippen LogP contribution in [0.25, 0.3) is 16.9 Å². The van der Waals surface area contributed by atoms with Gasteiger partial charge in [0.05, 0.1) is 23.4 Å². The number of aromatic nitrogens is 3. The molecule has 4 rings (SSSR count). The first-order valence-corrected chi connectivity index (χ1v) is 10.2. The van der Waals surface area contributed by atoms with Gasteiger partial charge in [0.15, 0.2) is 0 Å². The lowest BCUT2D eigenvalue weighted by Gasteiger charge is -2.08. The number of hydrogen-bond donors (Lipinski definition) is 1. The number of amides is 1. The number of non-ortho nitro benzene ring substituents is 1. The minimum absolute atomic E-state index is 0.0392. The Morgan fingerprint density at radius 2 is 1.85 bits per heavy atom. The van der Waals surface area contributed by atoms with Crippen molar-refractivity contribution in [1.29, 1.82) is 0 Å². The molecular weight excluding hydrogens is 422 g/mol. The number of nitro groups is 1. The minimum Gasteiger partial charge on any atom is -0.497 e. The van der Waals surface area contributed by atoms with E-state index in [0.29, 0.717) is 35.8 Å². The van der Waals surface area contributed by atoms with Crippen LogP contribution >= 0.6 is 0 Å². The Bertz CT molecular complexity index is 1250. The monoisotopic (exact) mass is 443 g/mol. The van der Waals surface area contributed by atoms with Gasteiger partial charge in [0.25, 0.3) is 11.6 Å². The fraction of sp³-hybridized carbons (Fsp3) is 0.125. The largest absolute Gasteiger partial charge is 0.497 e. The molecule has 0 saturated carbocycles. The third kappa shape index (κ3) is 5.04. The van der Waals surface area contributed by atoms with Crippen molar-refractivity contribution in [2.24, 2.45) is 0 Å². The third-order valence-electron chi connectivity index (χ3n) is 5.03. The van der Waals surface area contributed by atoms with Gasteiger partial charge in [-0.2, -0.15) is 5.10 Å². The number of pyridine rings is 1. The van der Waals surface area contributed by atoms with Crippen LogP contribution in [0.2, 0.25) is 0 Å². The summed E-state index contributed by atoms with van der Waals surface area (Å²) in [7, 11) is 1.59. The van der Waals surface area contributed by atoms with Crippen molar-refractivity contribution in [3.05, 3.63) is 100 Å². The quantitative estimate of drug-likeness (QED) is 0.327. The van der Waals surface area contributed by atoms with E-state index in [2.05, 4.69) is 15.4 Å². The van der Waals surface area contributed by atoms with E-state index in [4.69, 9.17) is 4.74 Å². The number of nitrogens with zero attached hydrogens (tertiary/aromatic N) is 4. The molecule has 166 valence electrons. The maximum atomic E-state index is 13.0. The molecule has 1 amide bonds. The average Bonchev–Trinajstić information content (AvgIpc) is 3.30. The Hall–Kier alpha value is -4.53. The zero-order chi connectivity index (χ0) is 23.2. The number of methoxy groups -OCH3 is 1. The molecule has 0 fully saturated rings. The summed E-state index contributed by atoms with van der Waals surface area (Å²) in [4.78, 5) is 27.8. The summed E-state index contributed by atoms with van der Waals surface area (Å²) in [6, 6.07) is 20.5. The van der Waals surface area contributed by atoms with Crippen LogP contribution in [-0.4, -0.2) is 39.2 Å². The molecule has 4 aromatic rings. The molecule has 0 aliphatic carbocycles. The van der Waals surface area contributed by atoms with Gasteiger partial charge in [0.1, 0.15) is 11.4 Å². The lowest BCUT2D eigenvalue weighted by atomic mass is 10.1. The zero-order valence-corrected chi connectivity index (χ0v) is 17.8. The van der Waals surface area contributed by atoms with Crippen LogP contribution in [0.3, 0.4) is 0 Å². The molecular formula is C24H21N5O4. The molecule has 0 radical (unpaired) electrons. The van der Waals surface area contributed by atoms with E-state index >= 15 is 0 Å². The lowest BCUT2D eigenvalue weighted by Crippen LogP contribution is -2.28. The summed E-state index contributed by atoms with van der Waals surface area (Å²) in [6.45, 7) is 0.402. The molecule has 9 nitrogen and oxygen atoms in total. The predicted octanol–water partition coefficient (Wildman–Crippen LogP) is 3.82. The summed E-state index contributed by atoms with van der Waals surface area (Å²) in [5.41, 5.74) is 3.08. The second kappa shape index (κ2) is 9.73. The van der Waals surface area contributed by atoms with E-state index < -0.39 is 4.92 Å². The van der Waals surface area contributed by atoms with Crippen molar-refractivity contribution in [2.45, 2.75) is 6.42 Å². The van der Waals surface area contributed by atoms with Gasteiger partial charge < -0.3 is 10.1 Å². The fourth-order valence-electron chi connectivity index (χ4n) is 3.30. The van der Waals surface area contributed by atoms with E-state index in [0.717, 1.165) is 11.3 Å². The van der Waals surface area contributed by atoms with Crippen LogP contribution in [0.15, 0.2) is 79.0 Å². The van der Waals surface area contributed by atoms with E-state index in [9.17, 15) is 14.9 Å². The van der Waals surface area contributed by atoms with Gasteiger partial charge in [-0.3, -0.25) is 19.9 Å². The summed E-state index contributed by atoms with van der Waals surface area (Å²) < 4.78 is 6.69. The topological polar surface area (TPSA) is 112 Å². The van der Waals surface area contributed by atoms with Gasteiger partial charge in [-0.15, -0.1) is 0 Å². The van der Waals surface area contributed by atoms with E-state index in [1.807, 2.05) is 42.5 Å². The Morgan fingerprint density at radius 3 is 2.48 bits per heavy atom. The van der Waals surface area contributed by atoms with Crippen LogP contribution in [0, 0.1) is 10.1 Å². The molecule has 0 spiro atoms. The van der Waals surface area contributed by atoms with Crippen molar-refractivity contribution in [3.8, 4) is 22.7 Å². The molecule has 2 aromatic carbocycles. The highest BCUT2D eigenvalue weighted by Gasteiger charge is 2.18. The van der Waals surface area contributed by atoms with Crippen LogP contribution in [0.1, 0.15) is 16.2 Å². The van der Waals surface area contributed by atoms with Crippen LogP contribution in [-0.2, 0) is 6.42 Å². The second-order valence-electron chi connectivity index (χ2n) is 7.16. The van der Waals surface area contributed by atoms with Gasteiger partial charge in [-0.05, 0) is 54.6 Å². The van der Waals surface area contributed by atoms with Crippen molar-refractivity contribution in [3.63, 3.8) is 0 Å². The highest BCUT2D eigenvalue weighted by atomic mass is 16.6. The normalized spacial score (nSPS) is 10.6. The minimum atomic E-state index is -0.471. The molecule has 0 saturated heterocycles. The molecule has 9 heteroatoms. The van der Waals surface area contributed by atoms with E-state index in [-0.39, 0.29) is 11.6 Å². The SMILES string of the molecule is COc1ccc(-c2cc(C(=O)NCCc3ccccn3)n(-c3ccc([N+](=O)[O-])cc3)n2)cc1. The van der Waals surface area contributed by atoms with Gasteiger partial charge in [0, 0.05) is 42.6 Å². The highest BCUT2D eigenvalue weighted by Crippen LogP contribution is 2.25. The van der Waals surface area contributed by atoms with E-state index in [1.165, 1.54) is 16.8 Å². The average molecular weight is 443 g/mol. The number of carbonyl (C=O) groups is 1. The van der Waals surface area contributed by atoms with Crippen LogP contribution < -0.4 is 10.1 Å². The predicted molar refractivity (Wildman–Crippen MR) is 122 cm³/mol. The summed E-state index contributed by atoms with van der Waals surface area (Å²) in [5.74, 6) is 0.401. The van der Waals surface area contributed by atoms with Gasteiger partial charge in [-0.25, -0.2) is 4.68 Å². The molecule has 0 aliphatic heterocycles. The number of rotatable bonds is 8. The smallest absolute Gasteiger partial charge is 0.270 e. The Morgan fingerprint density at radius 1 is 1.09 bits per heavy atom. The Balaban J connectivity index is 1.63. The molecule has 2 aromatic heterocycles. The Labute approximate surface area is 189 Å². The standard InChI is InChI=1S/C24H21N5O4/c1-33-21-11-5-17(6-12-21)22-16-23(24(30)26-15-13-18-4-2-3-14-25-18)28(27-22)19-7-9-20(10-8-19)29(31)32/h2-12,14,16H,13,15H2,1H3,(H,26,30). The fourth-order valence-corrected chi connectivity index (χ4v) is 3.30. The highest BCUT2D eigenvalue weighted by molar-refractivity contribution is 5.94. The molecule has 33 heavy (non-hydrogen) atoms. The van der Waals surface area contributed by atoms with E-state index in [1.54, 1.807) is 31.5 Å². The zero-order valence-electron chi connectivity index (χ0n) is 17.8. The van der Waals surface area contributed by atoms with Crippen molar-refractivity contribution < 1.29 is 14.5 Å². The van der Waals surface area contributed by atoms with Crippen molar-refractivity contribution in [2.75, 3.05) is 13.7 Å². The molecule has 2 heterocycles. The first-order chi connectivity index (χ1) is 16.0. The number of carbonyl (C=O) groups excluding carboxylic acids is 1. The van der Waals surface area contributed by atoms with Gasteiger partial charge in [0.2, 0.25) is 0 Å². The molecule has 0 unspecified atom stereocenters. The van der Waals surface area contributed by atoms with Crippen molar-refractivity contribution in [1.82, 2.24) is 20.1 Å². The maximum absolute atomic E-state index is 13.0. The number of nitro benzene ring substituents is 1. The Kier molecular flexibility index (Phi) is 6.40. The molecule has 0 aliphatic rings. The third-order valence-corrected chi connectivity index (χ3v) is 5.03. The first-order valence-electron chi connectivity index (χ1n) is 10.2. The second-order valence-corrected chi connectivity index (χ2v) is 7.16.